The van der Waals surface area contributed by atoms with Gasteiger partial charge in [-0.2, -0.15) is 0 Å². The number of benzene rings is 2. The topological polar surface area (TPSA) is 33.7 Å². The van der Waals surface area contributed by atoms with Crippen LogP contribution in [0.4, 0.5) is 0 Å². The largest absolute Gasteiger partial charge is 0.313 e. The van der Waals surface area contributed by atoms with Crippen molar-refractivity contribution in [1.29, 1.82) is 5.41 Å². The van der Waals surface area contributed by atoms with Gasteiger partial charge in [0.2, 0.25) is 5.62 Å². The van der Waals surface area contributed by atoms with Gasteiger partial charge in [0.25, 0.3) is 0 Å². The predicted molar refractivity (Wildman–Crippen MR) is 86.1 cm³/mol. The summed E-state index contributed by atoms with van der Waals surface area (Å²) in [6, 6.07) is 16.1. The molecule has 0 radical (unpaired) electrons. The molecule has 20 heavy (non-hydrogen) atoms. The van der Waals surface area contributed by atoms with E-state index >= 15 is 0 Å². The van der Waals surface area contributed by atoms with E-state index in [1.165, 1.54) is 0 Å². The van der Waals surface area contributed by atoms with Crippen LogP contribution in [0.3, 0.4) is 0 Å². The third kappa shape index (κ3) is 2.23. The van der Waals surface area contributed by atoms with Crippen LogP contribution in [0.1, 0.15) is 5.56 Å². The zero-order chi connectivity index (χ0) is 14.1. The molecule has 0 unspecified atom stereocenters. The van der Waals surface area contributed by atoms with Crippen molar-refractivity contribution in [3.8, 4) is 0 Å². The molecule has 0 aliphatic heterocycles. The Morgan fingerprint density at radius 3 is 2.35 bits per heavy atom. The summed E-state index contributed by atoms with van der Waals surface area (Å²) >= 11 is 3.43. The molecule has 0 atom stereocenters. The number of nitrogens with zero attached hydrogens (tertiary/aromatic N) is 2. The molecule has 0 bridgehead atoms. The van der Waals surface area contributed by atoms with Crippen LogP contribution in [0.15, 0.2) is 53.0 Å². The van der Waals surface area contributed by atoms with Crippen LogP contribution >= 0.6 is 15.9 Å². The highest BCUT2D eigenvalue weighted by atomic mass is 79.9. The Bertz CT molecular complexity index is 838. The van der Waals surface area contributed by atoms with E-state index in [4.69, 9.17) is 5.41 Å². The van der Waals surface area contributed by atoms with E-state index < -0.39 is 0 Å². The third-order valence-electron chi connectivity index (χ3n) is 3.33. The lowest BCUT2D eigenvalue weighted by Gasteiger charge is -1.97. The van der Waals surface area contributed by atoms with Gasteiger partial charge in [-0.25, -0.2) is 0 Å². The van der Waals surface area contributed by atoms with E-state index in [-0.39, 0.29) is 0 Å². The van der Waals surface area contributed by atoms with Crippen LogP contribution in [-0.2, 0) is 7.05 Å². The Balaban J connectivity index is 2.09. The van der Waals surface area contributed by atoms with Crippen molar-refractivity contribution in [3.05, 3.63) is 64.2 Å². The average Bonchev–Trinajstić information content (AvgIpc) is 2.71. The molecule has 4 heteroatoms. The molecular weight excluding hydrogens is 314 g/mol. The molecule has 0 aliphatic carbocycles. The van der Waals surface area contributed by atoms with Crippen molar-refractivity contribution in [3.63, 3.8) is 0 Å². The summed E-state index contributed by atoms with van der Waals surface area (Å²) in [4.78, 5) is 0. The van der Waals surface area contributed by atoms with E-state index in [1.807, 2.05) is 77.0 Å². The predicted octanol–water partition coefficient (Wildman–Crippen LogP) is 3.85. The minimum Gasteiger partial charge on any atom is -0.313 e. The Kier molecular flexibility index (Phi) is 3.32. The number of hydrogen-bond acceptors (Lipinski definition) is 1. The van der Waals surface area contributed by atoms with Gasteiger partial charge in [0, 0.05) is 17.7 Å². The van der Waals surface area contributed by atoms with Gasteiger partial charge in [-0.3, -0.25) is 9.98 Å². The minimum absolute atomic E-state index is 0.458. The molecule has 1 aromatic heterocycles. The highest BCUT2D eigenvalue weighted by Gasteiger charge is 2.04. The van der Waals surface area contributed by atoms with Crippen LogP contribution in [-0.4, -0.2) is 9.13 Å². The summed E-state index contributed by atoms with van der Waals surface area (Å²) in [6.45, 7) is 0. The molecule has 1 heterocycles. The lowest BCUT2D eigenvalue weighted by molar-refractivity contribution is 0.803. The smallest absolute Gasteiger partial charge is 0.206 e. The van der Waals surface area contributed by atoms with Crippen LogP contribution in [0.25, 0.3) is 23.3 Å². The van der Waals surface area contributed by atoms with E-state index in [0.29, 0.717) is 5.62 Å². The van der Waals surface area contributed by atoms with Crippen molar-refractivity contribution >= 4 is 39.2 Å². The molecular formula is C16H14BrN3. The van der Waals surface area contributed by atoms with E-state index in [9.17, 15) is 0 Å². The van der Waals surface area contributed by atoms with E-state index in [1.54, 1.807) is 0 Å². The number of imidazole rings is 1. The van der Waals surface area contributed by atoms with Gasteiger partial charge in [-0.15, -0.1) is 0 Å². The summed E-state index contributed by atoms with van der Waals surface area (Å²) in [7, 11) is 1.91. The molecule has 0 amide bonds. The standard InChI is InChI=1S/C16H14BrN3/c1-19-14-4-2-3-5-15(14)20(16(19)18)11-10-12-6-8-13(17)9-7-12/h2-11,18H,1H3/b11-10+,18-16?. The van der Waals surface area contributed by atoms with Crippen LogP contribution < -0.4 is 5.62 Å². The maximum absolute atomic E-state index is 8.19. The first-order chi connectivity index (χ1) is 9.66. The third-order valence-corrected chi connectivity index (χ3v) is 3.86. The molecule has 0 spiro atoms. The maximum Gasteiger partial charge on any atom is 0.206 e. The Morgan fingerprint density at radius 2 is 1.65 bits per heavy atom. The second-order valence-electron chi connectivity index (χ2n) is 4.61. The molecule has 1 N–H and O–H groups in total. The minimum atomic E-state index is 0.458. The number of halogens is 1. The van der Waals surface area contributed by atoms with Gasteiger partial charge < -0.3 is 4.57 Å². The van der Waals surface area contributed by atoms with E-state index in [0.717, 1.165) is 21.1 Å². The second kappa shape index (κ2) is 5.13. The lowest BCUT2D eigenvalue weighted by atomic mass is 10.2. The van der Waals surface area contributed by atoms with Gasteiger partial charge in [-0.1, -0.05) is 40.2 Å². The zero-order valence-electron chi connectivity index (χ0n) is 11.0. The maximum atomic E-state index is 8.19. The van der Waals surface area contributed by atoms with Crippen molar-refractivity contribution < 1.29 is 0 Å². The SMILES string of the molecule is Cn1c(=N)n(/C=C/c2ccc(Br)cc2)c2ccccc21. The van der Waals surface area contributed by atoms with Crippen LogP contribution in [0.5, 0.6) is 0 Å². The molecule has 3 aromatic rings. The molecule has 0 saturated carbocycles. The summed E-state index contributed by atoms with van der Waals surface area (Å²) in [5.41, 5.74) is 3.65. The zero-order valence-corrected chi connectivity index (χ0v) is 12.6. The quantitative estimate of drug-likeness (QED) is 0.741. The molecule has 100 valence electrons. The van der Waals surface area contributed by atoms with Gasteiger partial charge in [0.1, 0.15) is 0 Å². The normalized spacial score (nSPS) is 11.5. The first kappa shape index (κ1) is 12.9. The fourth-order valence-corrected chi connectivity index (χ4v) is 2.49. The molecule has 2 aromatic carbocycles. The van der Waals surface area contributed by atoms with Crippen LogP contribution in [0, 0.1) is 5.41 Å². The number of para-hydroxylation sites is 2. The van der Waals surface area contributed by atoms with Crippen LogP contribution in [0.2, 0.25) is 0 Å². The number of hydrogen-bond donors (Lipinski definition) is 1. The Morgan fingerprint density at radius 1 is 1.00 bits per heavy atom. The van der Waals surface area contributed by atoms with Gasteiger partial charge >= 0.3 is 0 Å². The van der Waals surface area contributed by atoms with Gasteiger partial charge in [0.15, 0.2) is 0 Å². The molecule has 0 aliphatic rings. The van der Waals surface area contributed by atoms with Crippen molar-refractivity contribution in [2.75, 3.05) is 0 Å². The number of rotatable bonds is 2. The first-order valence-corrected chi connectivity index (χ1v) is 7.10. The fourth-order valence-electron chi connectivity index (χ4n) is 2.23. The molecule has 0 saturated heterocycles. The highest BCUT2D eigenvalue weighted by molar-refractivity contribution is 9.10. The highest BCUT2D eigenvalue weighted by Crippen LogP contribution is 2.14. The van der Waals surface area contributed by atoms with Gasteiger partial charge in [-0.05, 0) is 35.9 Å². The monoisotopic (exact) mass is 327 g/mol. The van der Waals surface area contributed by atoms with Crippen molar-refractivity contribution in [2.24, 2.45) is 7.05 Å². The molecule has 3 nitrogen and oxygen atoms in total. The fraction of sp³-hybridized carbons (Fsp3) is 0.0625. The van der Waals surface area contributed by atoms with Gasteiger partial charge in [0.05, 0.1) is 11.0 Å². The Hall–Kier alpha value is -2.07. The Labute approximate surface area is 125 Å². The summed E-state index contributed by atoms with van der Waals surface area (Å²) in [5.74, 6) is 0. The van der Waals surface area contributed by atoms with E-state index in [2.05, 4.69) is 15.9 Å². The molecule has 0 fully saturated rings. The average molecular weight is 328 g/mol. The number of nitrogens with one attached hydrogen (secondary N) is 1. The first-order valence-electron chi connectivity index (χ1n) is 6.31. The number of aromatic nitrogens is 2. The lowest BCUT2D eigenvalue weighted by Crippen LogP contribution is -2.18. The number of fused-ring (bicyclic) bond motifs is 1. The summed E-state index contributed by atoms with van der Waals surface area (Å²) < 4.78 is 4.83. The summed E-state index contributed by atoms with van der Waals surface area (Å²) in [6.07, 6.45) is 3.95. The van der Waals surface area contributed by atoms with Crippen molar-refractivity contribution in [1.82, 2.24) is 9.13 Å². The van der Waals surface area contributed by atoms with Crippen molar-refractivity contribution in [2.45, 2.75) is 0 Å². The summed E-state index contributed by atoms with van der Waals surface area (Å²) in [5, 5.41) is 8.19. The number of aryl methyl sites for hydroxylation is 1. The second-order valence-corrected chi connectivity index (χ2v) is 5.52. The molecule has 3 rings (SSSR count).